The molecule has 2 rings (SSSR count). The van der Waals surface area contributed by atoms with Crippen molar-refractivity contribution in [3.63, 3.8) is 0 Å². The Morgan fingerprint density at radius 1 is 1.44 bits per heavy atom. The summed E-state index contributed by atoms with van der Waals surface area (Å²) in [6.45, 7) is 2.28. The summed E-state index contributed by atoms with van der Waals surface area (Å²) in [6.07, 6.45) is 7.57. The van der Waals surface area contributed by atoms with E-state index in [0.29, 0.717) is 18.2 Å². The lowest BCUT2D eigenvalue weighted by atomic mass is 9.90. The van der Waals surface area contributed by atoms with Gasteiger partial charge >= 0.3 is 12.0 Å². The molecule has 0 aromatic carbocycles. The molecule has 5 nitrogen and oxygen atoms in total. The molecule has 1 fully saturated rings. The van der Waals surface area contributed by atoms with E-state index in [1.165, 1.54) is 38.3 Å². The van der Waals surface area contributed by atoms with Gasteiger partial charge in [-0.15, -0.1) is 0 Å². The van der Waals surface area contributed by atoms with E-state index in [-0.39, 0.29) is 11.6 Å². The quantitative estimate of drug-likeness (QED) is 0.888. The van der Waals surface area contributed by atoms with Gasteiger partial charge in [-0.1, -0.05) is 19.3 Å². The Balaban J connectivity index is 1.93. The zero-order valence-electron chi connectivity index (χ0n) is 10.6. The number of aromatic carboxylic acids is 1. The summed E-state index contributed by atoms with van der Waals surface area (Å²) in [5, 5.41) is 8.87. The van der Waals surface area contributed by atoms with E-state index in [2.05, 4.69) is 9.97 Å². The van der Waals surface area contributed by atoms with Gasteiger partial charge in [0.1, 0.15) is 0 Å². The number of rotatable bonds is 4. The number of carboxylic acids is 1. The van der Waals surface area contributed by atoms with Crippen LogP contribution in [-0.2, 0) is 0 Å². The van der Waals surface area contributed by atoms with Crippen LogP contribution in [0.3, 0.4) is 0 Å². The van der Waals surface area contributed by atoms with E-state index in [1.807, 2.05) is 0 Å². The Bertz CT molecular complexity index is 428. The van der Waals surface area contributed by atoms with Crippen molar-refractivity contribution in [1.82, 2.24) is 9.97 Å². The predicted octanol–water partition coefficient (Wildman–Crippen LogP) is 2.44. The molecule has 0 spiro atoms. The fourth-order valence-corrected chi connectivity index (χ4v) is 2.27. The molecular weight excluding hydrogens is 232 g/mol. The average Bonchev–Trinajstić information content (AvgIpc) is 2.37. The maximum absolute atomic E-state index is 10.8. The third-order valence-corrected chi connectivity index (χ3v) is 3.36. The first-order valence-corrected chi connectivity index (χ1v) is 6.36. The maximum atomic E-state index is 10.8. The van der Waals surface area contributed by atoms with Crippen molar-refractivity contribution >= 4 is 5.97 Å². The average molecular weight is 250 g/mol. The molecule has 5 heteroatoms. The predicted molar refractivity (Wildman–Crippen MR) is 65.8 cm³/mol. The largest absolute Gasteiger partial charge is 0.478 e. The fourth-order valence-electron chi connectivity index (χ4n) is 2.27. The standard InChI is InChI=1S/C13H18N2O3/c1-9-11(12(16)17)7-14-13(15-9)18-8-10-5-3-2-4-6-10/h7,10H,2-6,8H2,1H3,(H,16,17). The van der Waals surface area contributed by atoms with Crippen molar-refractivity contribution in [1.29, 1.82) is 0 Å². The second-order valence-corrected chi connectivity index (χ2v) is 4.77. The first kappa shape index (κ1) is 12.8. The SMILES string of the molecule is Cc1nc(OCC2CCCCC2)ncc1C(=O)O. The highest BCUT2D eigenvalue weighted by atomic mass is 16.5. The molecule has 0 bridgehead atoms. The topological polar surface area (TPSA) is 72.3 Å². The van der Waals surface area contributed by atoms with Crippen LogP contribution >= 0.6 is 0 Å². The fraction of sp³-hybridized carbons (Fsp3) is 0.615. The van der Waals surface area contributed by atoms with Crippen molar-refractivity contribution in [3.8, 4) is 6.01 Å². The summed E-state index contributed by atoms with van der Waals surface area (Å²) in [4.78, 5) is 18.8. The highest BCUT2D eigenvalue weighted by Gasteiger charge is 2.15. The maximum Gasteiger partial charge on any atom is 0.339 e. The van der Waals surface area contributed by atoms with Crippen LogP contribution in [0, 0.1) is 12.8 Å². The Morgan fingerprint density at radius 2 is 2.17 bits per heavy atom. The Kier molecular flexibility index (Phi) is 4.12. The number of aromatic nitrogens is 2. The van der Waals surface area contributed by atoms with Gasteiger partial charge < -0.3 is 9.84 Å². The highest BCUT2D eigenvalue weighted by molar-refractivity contribution is 5.88. The van der Waals surface area contributed by atoms with Gasteiger partial charge in [0.05, 0.1) is 17.9 Å². The molecule has 1 aromatic heterocycles. The highest BCUT2D eigenvalue weighted by Crippen LogP contribution is 2.24. The summed E-state index contributed by atoms with van der Waals surface area (Å²) in [7, 11) is 0. The first-order chi connectivity index (χ1) is 8.66. The molecule has 0 atom stereocenters. The molecule has 0 saturated heterocycles. The van der Waals surface area contributed by atoms with E-state index >= 15 is 0 Å². The number of nitrogens with zero attached hydrogens (tertiary/aromatic N) is 2. The van der Waals surface area contributed by atoms with Crippen molar-refractivity contribution in [3.05, 3.63) is 17.5 Å². The van der Waals surface area contributed by atoms with Gasteiger partial charge in [0.15, 0.2) is 0 Å². The number of aryl methyl sites for hydroxylation is 1. The van der Waals surface area contributed by atoms with Crippen molar-refractivity contribution in [2.24, 2.45) is 5.92 Å². The Hall–Kier alpha value is -1.65. The number of carboxylic acid groups (broad SMARTS) is 1. The molecule has 0 radical (unpaired) electrons. The molecule has 1 saturated carbocycles. The summed E-state index contributed by atoms with van der Waals surface area (Å²) >= 11 is 0. The van der Waals surface area contributed by atoms with Crippen LogP contribution in [0.15, 0.2) is 6.20 Å². The van der Waals surface area contributed by atoms with Gasteiger partial charge in [-0.3, -0.25) is 0 Å². The summed E-state index contributed by atoms with van der Waals surface area (Å²) in [6, 6.07) is 0.281. The molecule has 18 heavy (non-hydrogen) atoms. The second-order valence-electron chi connectivity index (χ2n) is 4.77. The molecule has 1 aromatic rings. The minimum atomic E-state index is -1.01. The van der Waals surface area contributed by atoms with E-state index in [9.17, 15) is 4.79 Å². The van der Waals surface area contributed by atoms with Crippen LogP contribution in [0.1, 0.15) is 48.2 Å². The van der Waals surface area contributed by atoms with Crippen LogP contribution in [0.4, 0.5) is 0 Å². The normalized spacial score (nSPS) is 16.5. The molecule has 1 aliphatic carbocycles. The Labute approximate surface area is 106 Å². The summed E-state index contributed by atoms with van der Waals surface area (Å²) in [5.41, 5.74) is 0.566. The van der Waals surface area contributed by atoms with Crippen molar-refractivity contribution in [2.45, 2.75) is 39.0 Å². The second kappa shape index (κ2) is 5.80. The number of ether oxygens (including phenoxy) is 1. The monoisotopic (exact) mass is 250 g/mol. The summed E-state index contributed by atoms with van der Waals surface area (Å²) < 4.78 is 5.55. The van der Waals surface area contributed by atoms with Crippen LogP contribution < -0.4 is 4.74 Å². The third-order valence-electron chi connectivity index (χ3n) is 3.36. The molecule has 1 heterocycles. The lowest BCUT2D eigenvalue weighted by Gasteiger charge is -2.21. The van der Waals surface area contributed by atoms with Gasteiger partial charge in [0.25, 0.3) is 0 Å². The van der Waals surface area contributed by atoms with Crippen molar-refractivity contribution in [2.75, 3.05) is 6.61 Å². The minimum Gasteiger partial charge on any atom is -0.478 e. The van der Waals surface area contributed by atoms with E-state index in [0.717, 1.165) is 0 Å². The van der Waals surface area contributed by atoms with Gasteiger partial charge in [-0.05, 0) is 25.7 Å². The van der Waals surface area contributed by atoms with E-state index in [4.69, 9.17) is 9.84 Å². The third kappa shape index (κ3) is 3.18. The van der Waals surface area contributed by atoms with Gasteiger partial charge in [-0.25, -0.2) is 9.78 Å². The number of carbonyl (C=O) groups is 1. The lowest BCUT2D eigenvalue weighted by molar-refractivity contribution is 0.0694. The lowest BCUT2D eigenvalue weighted by Crippen LogP contribution is -2.16. The van der Waals surface area contributed by atoms with E-state index < -0.39 is 5.97 Å². The molecule has 0 amide bonds. The summed E-state index contributed by atoms with van der Waals surface area (Å²) in [5.74, 6) is -0.423. The molecular formula is C13H18N2O3. The van der Waals surface area contributed by atoms with Gasteiger partial charge in [-0.2, -0.15) is 4.98 Å². The van der Waals surface area contributed by atoms with Crippen LogP contribution in [0.5, 0.6) is 6.01 Å². The zero-order chi connectivity index (χ0) is 13.0. The molecule has 0 aliphatic heterocycles. The Morgan fingerprint density at radius 3 is 2.78 bits per heavy atom. The molecule has 1 aliphatic rings. The van der Waals surface area contributed by atoms with E-state index in [1.54, 1.807) is 6.92 Å². The van der Waals surface area contributed by atoms with Gasteiger partial charge in [0, 0.05) is 6.20 Å². The van der Waals surface area contributed by atoms with Crippen molar-refractivity contribution < 1.29 is 14.6 Å². The first-order valence-electron chi connectivity index (χ1n) is 6.36. The van der Waals surface area contributed by atoms with Crippen LogP contribution in [0.25, 0.3) is 0 Å². The number of hydrogen-bond donors (Lipinski definition) is 1. The minimum absolute atomic E-state index is 0.125. The number of hydrogen-bond acceptors (Lipinski definition) is 4. The van der Waals surface area contributed by atoms with Gasteiger partial charge in [0.2, 0.25) is 0 Å². The zero-order valence-corrected chi connectivity index (χ0v) is 10.6. The molecule has 0 unspecified atom stereocenters. The molecule has 98 valence electrons. The molecule has 1 N–H and O–H groups in total. The smallest absolute Gasteiger partial charge is 0.339 e. The van der Waals surface area contributed by atoms with Crippen LogP contribution in [0.2, 0.25) is 0 Å². The van der Waals surface area contributed by atoms with Crippen LogP contribution in [-0.4, -0.2) is 27.7 Å².